The lowest BCUT2D eigenvalue weighted by Gasteiger charge is -2.10. The first kappa shape index (κ1) is 13.8. The molecule has 0 aliphatic carbocycles. The Morgan fingerprint density at radius 1 is 1.18 bits per heavy atom. The standard InChI is InChI=1S/C14H24N2O/c1-4-17-14-8-7-13(11-12(14)2)16-10-6-5-9-15-3/h7-8,11,15-16H,4-6,9-10H2,1-3H3. The molecule has 1 aromatic rings. The molecule has 0 saturated carbocycles. The van der Waals surface area contributed by atoms with Crippen LogP contribution in [0.3, 0.4) is 0 Å². The van der Waals surface area contributed by atoms with Gasteiger partial charge in [0.1, 0.15) is 5.75 Å². The fraction of sp³-hybridized carbons (Fsp3) is 0.571. The van der Waals surface area contributed by atoms with Gasteiger partial charge in [-0.1, -0.05) is 0 Å². The number of hydrogen-bond donors (Lipinski definition) is 2. The molecule has 96 valence electrons. The number of hydrogen-bond acceptors (Lipinski definition) is 3. The average molecular weight is 236 g/mol. The molecule has 2 N–H and O–H groups in total. The van der Waals surface area contributed by atoms with Crippen LogP contribution in [0.15, 0.2) is 18.2 Å². The summed E-state index contributed by atoms with van der Waals surface area (Å²) in [6, 6.07) is 6.26. The Bertz CT molecular complexity index is 326. The van der Waals surface area contributed by atoms with Gasteiger partial charge in [-0.2, -0.15) is 0 Å². The van der Waals surface area contributed by atoms with Crippen molar-refractivity contribution in [2.24, 2.45) is 0 Å². The monoisotopic (exact) mass is 236 g/mol. The Hall–Kier alpha value is -1.22. The van der Waals surface area contributed by atoms with Gasteiger partial charge in [0.15, 0.2) is 0 Å². The van der Waals surface area contributed by atoms with Crippen molar-refractivity contribution >= 4 is 5.69 Å². The average Bonchev–Trinajstić information content (AvgIpc) is 2.32. The summed E-state index contributed by atoms with van der Waals surface area (Å²) >= 11 is 0. The van der Waals surface area contributed by atoms with E-state index >= 15 is 0 Å². The van der Waals surface area contributed by atoms with E-state index in [0.717, 1.165) is 25.4 Å². The van der Waals surface area contributed by atoms with Crippen molar-refractivity contribution in [1.29, 1.82) is 0 Å². The van der Waals surface area contributed by atoms with Gasteiger partial charge in [-0.05, 0) is 64.0 Å². The van der Waals surface area contributed by atoms with Crippen molar-refractivity contribution in [2.45, 2.75) is 26.7 Å². The van der Waals surface area contributed by atoms with Crippen molar-refractivity contribution in [3.63, 3.8) is 0 Å². The number of aryl methyl sites for hydroxylation is 1. The topological polar surface area (TPSA) is 33.3 Å². The van der Waals surface area contributed by atoms with E-state index in [4.69, 9.17) is 4.74 Å². The lowest BCUT2D eigenvalue weighted by molar-refractivity contribution is 0.338. The molecule has 1 aromatic carbocycles. The quantitative estimate of drug-likeness (QED) is 0.681. The summed E-state index contributed by atoms with van der Waals surface area (Å²) in [7, 11) is 1.99. The molecule has 0 atom stereocenters. The van der Waals surface area contributed by atoms with Gasteiger partial charge in [-0.25, -0.2) is 0 Å². The summed E-state index contributed by atoms with van der Waals surface area (Å²) in [5.74, 6) is 0.980. The molecule has 3 nitrogen and oxygen atoms in total. The van der Waals surface area contributed by atoms with E-state index in [9.17, 15) is 0 Å². The van der Waals surface area contributed by atoms with Crippen molar-refractivity contribution in [3.8, 4) is 5.75 Å². The van der Waals surface area contributed by atoms with Gasteiger partial charge in [0, 0.05) is 12.2 Å². The highest BCUT2D eigenvalue weighted by molar-refractivity contribution is 5.50. The second-order valence-electron chi connectivity index (χ2n) is 4.15. The Kier molecular flexibility index (Phi) is 6.48. The Labute approximate surface area is 105 Å². The summed E-state index contributed by atoms with van der Waals surface area (Å²) in [6.45, 7) is 6.92. The van der Waals surface area contributed by atoms with Crippen LogP contribution in [0.5, 0.6) is 5.75 Å². The van der Waals surface area contributed by atoms with Crippen molar-refractivity contribution in [3.05, 3.63) is 23.8 Å². The zero-order chi connectivity index (χ0) is 12.5. The highest BCUT2D eigenvalue weighted by atomic mass is 16.5. The van der Waals surface area contributed by atoms with Crippen LogP contribution < -0.4 is 15.4 Å². The Morgan fingerprint density at radius 2 is 1.94 bits per heavy atom. The van der Waals surface area contributed by atoms with E-state index in [1.165, 1.54) is 24.1 Å². The van der Waals surface area contributed by atoms with Crippen LogP contribution in [0.25, 0.3) is 0 Å². The molecule has 0 aliphatic rings. The largest absolute Gasteiger partial charge is 0.494 e. The lowest BCUT2D eigenvalue weighted by Crippen LogP contribution is -2.10. The number of anilines is 1. The van der Waals surface area contributed by atoms with Crippen molar-refractivity contribution in [1.82, 2.24) is 5.32 Å². The molecule has 0 aliphatic heterocycles. The third-order valence-electron chi connectivity index (χ3n) is 2.66. The summed E-state index contributed by atoms with van der Waals surface area (Å²) in [4.78, 5) is 0. The molecule has 0 fully saturated rings. The molecule has 1 rings (SSSR count). The molecule has 0 heterocycles. The zero-order valence-electron chi connectivity index (χ0n) is 11.2. The second kappa shape index (κ2) is 7.96. The maximum Gasteiger partial charge on any atom is 0.122 e. The van der Waals surface area contributed by atoms with E-state index in [1.807, 2.05) is 20.0 Å². The Balaban J connectivity index is 2.36. The Morgan fingerprint density at radius 3 is 2.59 bits per heavy atom. The van der Waals surface area contributed by atoms with Crippen LogP contribution in [-0.4, -0.2) is 26.7 Å². The van der Waals surface area contributed by atoms with Crippen LogP contribution in [0.4, 0.5) is 5.69 Å². The van der Waals surface area contributed by atoms with Gasteiger partial charge in [-0.3, -0.25) is 0 Å². The van der Waals surface area contributed by atoms with Gasteiger partial charge in [0.25, 0.3) is 0 Å². The van der Waals surface area contributed by atoms with Crippen LogP contribution in [0.1, 0.15) is 25.3 Å². The molecule has 0 saturated heterocycles. The summed E-state index contributed by atoms with van der Waals surface area (Å²) in [6.07, 6.45) is 2.40. The first-order valence-corrected chi connectivity index (χ1v) is 6.40. The fourth-order valence-electron chi connectivity index (χ4n) is 1.74. The molecule has 0 unspecified atom stereocenters. The third-order valence-corrected chi connectivity index (χ3v) is 2.66. The van der Waals surface area contributed by atoms with Gasteiger partial charge >= 0.3 is 0 Å². The number of ether oxygens (including phenoxy) is 1. The molecule has 0 bridgehead atoms. The molecule has 17 heavy (non-hydrogen) atoms. The van der Waals surface area contributed by atoms with Gasteiger partial charge < -0.3 is 15.4 Å². The van der Waals surface area contributed by atoms with E-state index in [-0.39, 0.29) is 0 Å². The summed E-state index contributed by atoms with van der Waals surface area (Å²) in [5.41, 5.74) is 2.36. The minimum Gasteiger partial charge on any atom is -0.494 e. The first-order valence-electron chi connectivity index (χ1n) is 6.40. The summed E-state index contributed by atoms with van der Waals surface area (Å²) < 4.78 is 5.51. The molecule has 0 radical (unpaired) electrons. The fourth-order valence-corrected chi connectivity index (χ4v) is 1.74. The van der Waals surface area contributed by atoms with Crippen LogP contribution in [-0.2, 0) is 0 Å². The smallest absolute Gasteiger partial charge is 0.122 e. The normalized spacial score (nSPS) is 10.3. The number of rotatable bonds is 8. The predicted octanol–water partition coefficient (Wildman–Crippen LogP) is 2.81. The third kappa shape index (κ3) is 5.09. The SMILES string of the molecule is CCOc1ccc(NCCCCNC)cc1C. The minimum absolute atomic E-state index is 0.720. The predicted molar refractivity (Wildman–Crippen MR) is 74.0 cm³/mol. The van der Waals surface area contributed by atoms with Crippen LogP contribution >= 0.6 is 0 Å². The van der Waals surface area contributed by atoms with E-state index < -0.39 is 0 Å². The lowest BCUT2D eigenvalue weighted by atomic mass is 10.2. The van der Waals surface area contributed by atoms with Crippen LogP contribution in [0.2, 0.25) is 0 Å². The van der Waals surface area contributed by atoms with Crippen molar-refractivity contribution in [2.75, 3.05) is 32.1 Å². The van der Waals surface area contributed by atoms with Crippen LogP contribution in [0, 0.1) is 6.92 Å². The summed E-state index contributed by atoms with van der Waals surface area (Å²) in [5, 5.41) is 6.58. The van der Waals surface area contributed by atoms with Crippen molar-refractivity contribution < 1.29 is 4.74 Å². The zero-order valence-corrected chi connectivity index (χ0v) is 11.2. The van der Waals surface area contributed by atoms with Gasteiger partial charge in [0.05, 0.1) is 6.61 Å². The molecule has 3 heteroatoms. The molecular weight excluding hydrogens is 212 g/mol. The maximum absolute atomic E-state index is 5.51. The maximum atomic E-state index is 5.51. The number of unbranched alkanes of at least 4 members (excludes halogenated alkanes) is 1. The van der Waals surface area contributed by atoms with E-state index in [1.54, 1.807) is 0 Å². The highest BCUT2D eigenvalue weighted by Gasteiger charge is 1.99. The minimum atomic E-state index is 0.720. The molecule has 0 amide bonds. The molecule has 0 spiro atoms. The first-order chi connectivity index (χ1) is 8.27. The number of nitrogens with one attached hydrogen (secondary N) is 2. The second-order valence-corrected chi connectivity index (χ2v) is 4.15. The van der Waals surface area contributed by atoms with E-state index in [0.29, 0.717) is 0 Å². The van der Waals surface area contributed by atoms with Gasteiger partial charge in [0.2, 0.25) is 0 Å². The molecule has 0 aromatic heterocycles. The molecular formula is C14H24N2O. The highest BCUT2D eigenvalue weighted by Crippen LogP contribution is 2.21. The number of benzene rings is 1. The van der Waals surface area contributed by atoms with Gasteiger partial charge in [-0.15, -0.1) is 0 Å². The van der Waals surface area contributed by atoms with E-state index in [2.05, 4.69) is 29.7 Å².